The number of rotatable bonds is 7. The van der Waals surface area contributed by atoms with Crippen molar-refractivity contribution in [2.24, 2.45) is 5.92 Å². The van der Waals surface area contributed by atoms with Crippen LogP contribution in [-0.2, 0) is 14.8 Å². The number of hydrogen-bond donors (Lipinski definition) is 1. The minimum Gasteiger partial charge on any atom is -0.497 e. The summed E-state index contributed by atoms with van der Waals surface area (Å²) in [7, 11) is -0.453. The fourth-order valence-electron chi connectivity index (χ4n) is 3.70. The molecule has 0 saturated carbocycles. The van der Waals surface area contributed by atoms with Crippen LogP contribution in [0.15, 0.2) is 53.4 Å². The Balaban J connectivity index is 1.72. The zero-order valence-corrected chi connectivity index (χ0v) is 18.3. The maximum atomic E-state index is 12.9. The number of ether oxygens (including phenoxy) is 2. The largest absolute Gasteiger partial charge is 0.497 e. The molecule has 30 heavy (non-hydrogen) atoms. The summed E-state index contributed by atoms with van der Waals surface area (Å²) in [5, 5.41) is 3.01. The van der Waals surface area contributed by atoms with Crippen molar-refractivity contribution in [3.63, 3.8) is 0 Å². The number of amides is 1. The predicted octanol–water partition coefficient (Wildman–Crippen LogP) is 2.98. The highest BCUT2D eigenvalue weighted by Gasteiger charge is 2.33. The second-order valence-corrected chi connectivity index (χ2v) is 9.29. The van der Waals surface area contributed by atoms with Crippen LogP contribution in [0.3, 0.4) is 0 Å². The van der Waals surface area contributed by atoms with Crippen LogP contribution < -0.4 is 14.8 Å². The first-order valence-corrected chi connectivity index (χ1v) is 11.4. The summed E-state index contributed by atoms with van der Waals surface area (Å²) in [6.07, 6.45) is 1.29. The van der Waals surface area contributed by atoms with Crippen molar-refractivity contribution in [1.29, 1.82) is 0 Å². The topological polar surface area (TPSA) is 84.9 Å². The Morgan fingerprint density at radius 1 is 1.13 bits per heavy atom. The zero-order chi connectivity index (χ0) is 21.7. The molecule has 162 valence electrons. The van der Waals surface area contributed by atoms with Gasteiger partial charge in [0.05, 0.1) is 31.1 Å². The minimum absolute atomic E-state index is 0.166. The van der Waals surface area contributed by atoms with Gasteiger partial charge in [-0.05, 0) is 50.1 Å². The summed E-state index contributed by atoms with van der Waals surface area (Å²) in [6.45, 7) is 2.46. The third-order valence-corrected chi connectivity index (χ3v) is 7.28. The number of nitrogens with zero attached hydrogens (tertiary/aromatic N) is 1. The summed E-state index contributed by atoms with van der Waals surface area (Å²) in [4.78, 5) is 13.2. The van der Waals surface area contributed by atoms with Crippen LogP contribution in [0.4, 0.5) is 0 Å². The SMILES string of the molecule is COc1ccc(OC)c([C@@H](C)NC(=O)[C@@H]2CCCN(S(=O)(=O)c3ccccc3)C2)c1. The minimum atomic E-state index is -3.61. The van der Waals surface area contributed by atoms with E-state index in [-0.39, 0.29) is 23.4 Å². The van der Waals surface area contributed by atoms with Crippen LogP contribution in [0.1, 0.15) is 31.4 Å². The van der Waals surface area contributed by atoms with E-state index >= 15 is 0 Å². The Labute approximate surface area is 178 Å². The molecule has 0 spiro atoms. The van der Waals surface area contributed by atoms with Gasteiger partial charge in [0.25, 0.3) is 0 Å². The van der Waals surface area contributed by atoms with Gasteiger partial charge in [0.1, 0.15) is 11.5 Å². The van der Waals surface area contributed by atoms with Gasteiger partial charge in [-0.15, -0.1) is 0 Å². The van der Waals surface area contributed by atoms with Crippen LogP contribution in [0.5, 0.6) is 11.5 Å². The molecule has 2 atom stereocenters. The lowest BCUT2D eigenvalue weighted by Gasteiger charge is -2.32. The molecule has 0 aromatic heterocycles. The third-order valence-electron chi connectivity index (χ3n) is 5.40. The molecule has 1 heterocycles. The monoisotopic (exact) mass is 432 g/mol. The number of benzene rings is 2. The van der Waals surface area contributed by atoms with Crippen LogP contribution in [0.2, 0.25) is 0 Å². The summed E-state index contributed by atoms with van der Waals surface area (Å²) in [5.41, 5.74) is 0.801. The van der Waals surface area contributed by atoms with Crippen LogP contribution >= 0.6 is 0 Å². The van der Waals surface area contributed by atoms with Gasteiger partial charge < -0.3 is 14.8 Å². The van der Waals surface area contributed by atoms with E-state index in [0.29, 0.717) is 30.9 Å². The van der Waals surface area contributed by atoms with Gasteiger partial charge in [-0.2, -0.15) is 4.31 Å². The molecule has 0 radical (unpaired) electrons. The Morgan fingerprint density at radius 3 is 2.53 bits per heavy atom. The van der Waals surface area contributed by atoms with Crippen molar-refractivity contribution in [3.05, 3.63) is 54.1 Å². The van der Waals surface area contributed by atoms with Gasteiger partial charge in [0, 0.05) is 18.7 Å². The van der Waals surface area contributed by atoms with Gasteiger partial charge in [-0.1, -0.05) is 18.2 Å². The molecule has 1 N–H and O–H groups in total. The number of carbonyl (C=O) groups excluding carboxylic acids is 1. The zero-order valence-electron chi connectivity index (χ0n) is 17.5. The average Bonchev–Trinajstić information content (AvgIpc) is 2.79. The number of nitrogens with one attached hydrogen (secondary N) is 1. The molecule has 1 saturated heterocycles. The normalized spacial score (nSPS) is 18.4. The lowest BCUT2D eigenvalue weighted by atomic mass is 9.97. The van der Waals surface area contributed by atoms with Gasteiger partial charge in [-0.3, -0.25) is 4.79 Å². The molecule has 1 aliphatic heterocycles. The molecule has 1 fully saturated rings. The Morgan fingerprint density at radius 2 is 1.87 bits per heavy atom. The van der Waals surface area contributed by atoms with Gasteiger partial charge in [0.2, 0.25) is 15.9 Å². The number of hydrogen-bond acceptors (Lipinski definition) is 5. The second kappa shape index (κ2) is 9.49. The van der Waals surface area contributed by atoms with E-state index in [1.165, 1.54) is 4.31 Å². The number of methoxy groups -OCH3 is 2. The second-order valence-electron chi connectivity index (χ2n) is 7.35. The lowest BCUT2D eigenvalue weighted by molar-refractivity contribution is -0.126. The first-order chi connectivity index (χ1) is 14.4. The number of carbonyl (C=O) groups is 1. The molecule has 7 nitrogen and oxygen atoms in total. The van der Waals surface area contributed by atoms with Crippen molar-refractivity contribution in [1.82, 2.24) is 9.62 Å². The Kier molecular flexibility index (Phi) is 6.99. The molecule has 2 aromatic carbocycles. The van der Waals surface area contributed by atoms with E-state index < -0.39 is 15.9 Å². The molecule has 0 bridgehead atoms. The van der Waals surface area contributed by atoms with E-state index in [4.69, 9.17) is 9.47 Å². The summed E-state index contributed by atoms with van der Waals surface area (Å²) >= 11 is 0. The number of piperidine rings is 1. The first kappa shape index (κ1) is 22.1. The standard InChI is InChI=1S/C22H28N2O5S/c1-16(20-14-18(28-2)11-12-21(20)29-3)23-22(25)17-8-7-13-24(15-17)30(26,27)19-9-5-4-6-10-19/h4-6,9-12,14,16-17H,7-8,13,15H2,1-3H3,(H,23,25)/t16-,17-/m1/s1. The van der Waals surface area contributed by atoms with E-state index in [1.807, 2.05) is 13.0 Å². The summed E-state index contributed by atoms with van der Waals surface area (Å²) in [6, 6.07) is 13.4. The van der Waals surface area contributed by atoms with Crippen molar-refractivity contribution in [3.8, 4) is 11.5 Å². The van der Waals surface area contributed by atoms with Gasteiger partial charge >= 0.3 is 0 Å². The Bertz CT molecular complexity index is 978. The molecular weight excluding hydrogens is 404 g/mol. The molecule has 1 amide bonds. The fraction of sp³-hybridized carbons (Fsp3) is 0.409. The highest BCUT2D eigenvalue weighted by Crippen LogP contribution is 2.30. The van der Waals surface area contributed by atoms with Crippen molar-refractivity contribution >= 4 is 15.9 Å². The van der Waals surface area contributed by atoms with Crippen molar-refractivity contribution in [2.75, 3.05) is 27.3 Å². The molecular formula is C22H28N2O5S. The van der Waals surface area contributed by atoms with Crippen molar-refractivity contribution in [2.45, 2.75) is 30.7 Å². The van der Waals surface area contributed by atoms with Crippen LogP contribution in [0.25, 0.3) is 0 Å². The van der Waals surface area contributed by atoms with Gasteiger partial charge in [-0.25, -0.2) is 8.42 Å². The predicted molar refractivity (Wildman–Crippen MR) is 114 cm³/mol. The lowest BCUT2D eigenvalue weighted by Crippen LogP contribution is -2.45. The van der Waals surface area contributed by atoms with Crippen LogP contribution in [-0.4, -0.2) is 45.9 Å². The highest BCUT2D eigenvalue weighted by atomic mass is 32.2. The smallest absolute Gasteiger partial charge is 0.243 e. The average molecular weight is 433 g/mol. The van der Waals surface area contributed by atoms with Crippen molar-refractivity contribution < 1.29 is 22.7 Å². The first-order valence-electron chi connectivity index (χ1n) is 9.94. The molecule has 0 unspecified atom stereocenters. The third kappa shape index (κ3) is 4.76. The van der Waals surface area contributed by atoms with Crippen LogP contribution in [0, 0.1) is 5.92 Å². The van der Waals surface area contributed by atoms with E-state index in [9.17, 15) is 13.2 Å². The molecule has 3 rings (SSSR count). The maximum Gasteiger partial charge on any atom is 0.243 e. The number of sulfonamides is 1. The quantitative estimate of drug-likeness (QED) is 0.727. The van der Waals surface area contributed by atoms with E-state index in [2.05, 4.69) is 5.32 Å². The molecule has 2 aromatic rings. The molecule has 1 aliphatic rings. The van der Waals surface area contributed by atoms with E-state index in [0.717, 1.165) is 5.56 Å². The molecule has 0 aliphatic carbocycles. The van der Waals surface area contributed by atoms with E-state index in [1.54, 1.807) is 56.7 Å². The summed E-state index contributed by atoms with van der Waals surface area (Å²) < 4.78 is 37.9. The summed E-state index contributed by atoms with van der Waals surface area (Å²) in [5.74, 6) is 0.752. The maximum absolute atomic E-state index is 12.9. The molecule has 8 heteroatoms. The fourth-order valence-corrected chi connectivity index (χ4v) is 5.25. The van der Waals surface area contributed by atoms with Gasteiger partial charge in [0.15, 0.2) is 0 Å². The Hall–Kier alpha value is -2.58. The highest BCUT2D eigenvalue weighted by molar-refractivity contribution is 7.89.